The Morgan fingerprint density at radius 1 is 1.06 bits per heavy atom. The third kappa shape index (κ3) is 8.85. The highest BCUT2D eigenvalue weighted by Crippen LogP contribution is 2.08. The summed E-state index contributed by atoms with van der Waals surface area (Å²) < 4.78 is 21.0. The van der Waals surface area contributed by atoms with Crippen molar-refractivity contribution in [1.29, 1.82) is 0 Å². The average Bonchev–Trinajstić information content (AvgIpc) is 3.10. The zero-order chi connectivity index (χ0) is 11.5. The fourth-order valence-corrected chi connectivity index (χ4v) is 1.17. The van der Waals surface area contributed by atoms with Gasteiger partial charge in [0.25, 0.3) is 0 Å². The Labute approximate surface area is 97.5 Å². The van der Waals surface area contributed by atoms with E-state index >= 15 is 0 Å². The molecular formula is C12H22O4. The van der Waals surface area contributed by atoms with Crippen LogP contribution in [-0.4, -0.2) is 52.4 Å². The molecule has 1 atom stereocenters. The molecule has 0 aromatic carbocycles. The van der Waals surface area contributed by atoms with Crippen molar-refractivity contribution in [3.05, 3.63) is 12.7 Å². The lowest BCUT2D eigenvalue weighted by atomic mass is 10.4. The Balaban J connectivity index is 1.63. The van der Waals surface area contributed by atoms with E-state index in [1.165, 1.54) is 0 Å². The van der Waals surface area contributed by atoms with E-state index in [-0.39, 0.29) is 0 Å². The van der Waals surface area contributed by atoms with E-state index in [4.69, 9.17) is 18.9 Å². The molecule has 0 aliphatic carbocycles. The molecule has 94 valence electrons. The molecule has 16 heavy (non-hydrogen) atoms. The third-order valence-corrected chi connectivity index (χ3v) is 2.10. The van der Waals surface area contributed by atoms with Crippen LogP contribution in [0.2, 0.25) is 0 Å². The smallest absolute Gasteiger partial charge is 0.104 e. The molecule has 0 aromatic rings. The lowest BCUT2D eigenvalue weighted by molar-refractivity contribution is 0.0636. The van der Waals surface area contributed by atoms with Gasteiger partial charge in [-0.05, 0) is 12.8 Å². The van der Waals surface area contributed by atoms with Crippen LogP contribution in [0.25, 0.3) is 0 Å². The van der Waals surface area contributed by atoms with Gasteiger partial charge < -0.3 is 18.9 Å². The van der Waals surface area contributed by atoms with Gasteiger partial charge in [0.2, 0.25) is 0 Å². The SMILES string of the molecule is C=CCOCCCOCCCOCC1CO1. The molecule has 0 spiro atoms. The van der Waals surface area contributed by atoms with Gasteiger partial charge in [0.1, 0.15) is 6.10 Å². The molecule has 1 saturated heterocycles. The molecule has 1 heterocycles. The van der Waals surface area contributed by atoms with Gasteiger partial charge in [-0.3, -0.25) is 0 Å². The van der Waals surface area contributed by atoms with Gasteiger partial charge in [-0.2, -0.15) is 0 Å². The molecule has 0 N–H and O–H groups in total. The summed E-state index contributed by atoms with van der Waals surface area (Å²) in [5, 5.41) is 0. The van der Waals surface area contributed by atoms with Gasteiger partial charge in [0.15, 0.2) is 0 Å². The van der Waals surface area contributed by atoms with Crippen molar-refractivity contribution in [2.24, 2.45) is 0 Å². The Hall–Kier alpha value is -0.420. The fourth-order valence-electron chi connectivity index (χ4n) is 1.17. The van der Waals surface area contributed by atoms with Gasteiger partial charge in [-0.15, -0.1) is 6.58 Å². The fraction of sp³-hybridized carbons (Fsp3) is 0.833. The van der Waals surface area contributed by atoms with E-state index in [0.29, 0.717) is 12.7 Å². The molecule has 4 nitrogen and oxygen atoms in total. The summed E-state index contributed by atoms with van der Waals surface area (Å²) in [6.07, 6.45) is 4.00. The molecule has 0 radical (unpaired) electrons. The molecule has 0 amide bonds. The lowest BCUT2D eigenvalue weighted by Crippen LogP contribution is -2.07. The van der Waals surface area contributed by atoms with Crippen molar-refractivity contribution < 1.29 is 18.9 Å². The molecule has 0 bridgehead atoms. The highest BCUT2D eigenvalue weighted by Gasteiger charge is 2.21. The second-order valence-electron chi connectivity index (χ2n) is 3.71. The molecular weight excluding hydrogens is 208 g/mol. The van der Waals surface area contributed by atoms with E-state index < -0.39 is 0 Å². The molecule has 0 aromatic heterocycles. The van der Waals surface area contributed by atoms with Crippen LogP contribution < -0.4 is 0 Å². The molecule has 4 heteroatoms. The van der Waals surface area contributed by atoms with Crippen LogP contribution >= 0.6 is 0 Å². The summed E-state index contributed by atoms with van der Waals surface area (Å²) in [5.74, 6) is 0. The summed E-state index contributed by atoms with van der Waals surface area (Å²) in [5.41, 5.74) is 0. The maximum Gasteiger partial charge on any atom is 0.104 e. The zero-order valence-electron chi connectivity index (χ0n) is 9.86. The minimum atomic E-state index is 0.364. The number of rotatable bonds is 12. The summed E-state index contributed by atoms with van der Waals surface area (Å²) in [6.45, 7) is 8.79. The minimum Gasteiger partial charge on any atom is -0.381 e. The molecule has 1 aliphatic rings. The topological polar surface area (TPSA) is 40.2 Å². The summed E-state index contributed by atoms with van der Waals surface area (Å²) in [4.78, 5) is 0. The van der Waals surface area contributed by atoms with Crippen LogP contribution in [0.3, 0.4) is 0 Å². The zero-order valence-corrected chi connectivity index (χ0v) is 9.86. The standard InChI is InChI=1S/C12H22O4/c1-2-5-13-6-3-7-14-8-4-9-15-10-12-11-16-12/h2,12H,1,3-11H2. The quantitative estimate of drug-likeness (QED) is 0.289. The lowest BCUT2D eigenvalue weighted by Gasteiger charge is -2.05. The van der Waals surface area contributed by atoms with Gasteiger partial charge in [-0.25, -0.2) is 0 Å². The van der Waals surface area contributed by atoms with Crippen molar-refractivity contribution in [1.82, 2.24) is 0 Å². The second kappa shape index (κ2) is 9.78. The van der Waals surface area contributed by atoms with E-state index in [0.717, 1.165) is 52.5 Å². The van der Waals surface area contributed by atoms with Gasteiger partial charge >= 0.3 is 0 Å². The first-order valence-electron chi connectivity index (χ1n) is 5.89. The van der Waals surface area contributed by atoms with Gasteiger partial charge in [-0.1, -0.05) is 6.08 Å². The minimum absolute atomic E-state index is 0.364. The van der Waals surface area contributed by atoms with Gasteiger partial charge in [0.05, 0.1) is 19.8 Å². The van der Waals surface area contributed by atoms with Crippen LogP contribution in [0.1, 0.15) is 12.8 Å². The van der Waals surface area contributed by atoms with Crippen molar-refractivity contribution in [2.45, 2.75) is 18.9 Å². The molecule has 0 saturated carbocycles. The van der Waals surface area contributed by atoms with E-state index in [2.05, 4.69) is 6.58 Å². The first-order chi connectivity index (χ1) is 7.93. The van der Waals surface area contributed by atoms with Crippen LogP contribution in [0, 0.1) is 0 Å². The van der Waals surface area contributed by atoms with Crippen molar-refractivity contribution in [3.8, 4) is 0 Å². The van der Waals surface area contributed by atoms with Crippen LogP contribution in [0.4, 0.5) is 0 Å². The Morgan fingerprint density at radius 2 is 1.69 bits per heavy atom. The van der Waals surface area contributed by atoms with Crippen LogP contribution in [-0.2, 0) is 18.9 Å². The van der Waals surface area contributed by atoms with Crippen LogP contribution in [0.5, 0.6) is 0 Å². The Bertz CT molecular complexity index is 168. The highest BCUT2D eigenvalue weighted by atomic mass is 16.6. The van der Waals surface area contributed by atoms with E-state index in [9.17, 15) is 0 Å². The molecule has 1 rings (SSSR count). The number of hydrogen-bond acceptors (Lipinski definition) is 4. The van der Waals surface area contributed by atoms with E-state index in [1.807, 2.05) is 0 Å². The maximum atomic E-state index is 5.42. The maximum absolute atomic E-state index is 5.42. The summed E-state index contributed by atoms with van der Waals surface area (Å²) >= 11 is 0. The highest BCUT2D eigenvalue weighted by molar-refractivity contribution is 4.67. The number of ether oxygens (including phenoxy) is 4. The summed E-state index contributed by atoms with van der Waals surface area (Å²) in [6, 6.07) is 0. The first kappa shape index (κ1) is 13.6. The van der Waals surface area contributed by atoms with Crippen molar-refractivity contribution >= 4 is 0 Å². The average molecular weight is 230 g/mol. The Morgan fingerprint density at radius 3 is 2.31 bits per heavy atom. The molecule has 1 aliphatic heterocycles. The van der Waals surface area contributed by atoms with Crippen molar-refractivity contribution in [2.75, 3.05) is 46.2 Å². The monoisotopic (exact) mass is 230 g/mol. The number of hydrogen-bond donors (Lipinski definition) is 0. The predicted molar refractivity (Wildman–Crippen MR) is 61.6 cm³/mol. The van der Waals surface area contributed by atoms with Crippen LogP contribution in [0.15, 0.2) is 12.7 Å². The van der Waals surface area contributed by atoms with Gasteiger partial charge in [0, 0.05) is 26.4 Å². The second-order valence-corrected chi connectivity index (χ2v) is 3.71. The predicted octanol–water partition coefficient (Wildman–Crippen LogP) is 1.40. The summed E-state index contributed by atoms with van der Waals surface area (Å²) in [7, 11) is 0. The molecule has 1 unspecified atom stereocenters. The first-order valence-corrected chi connectivity index (χ1v) is 5.89. The number of epoxide rings is 1. The largest absolute Gasteiger partial charge is 0.381 e. The third-order valence-electron chi connectivity index (χ3n) is 2.10. The normalized spacial score (nSPS) is 18.6. The Kier molecular flexibility index (Phi) is 8.34. The van der Waals surface area contributed by atoms with Crippen molar-refractivity contribution in [3.63, 3.8) is 0 Å². The van der Waals surface area contributed by atoms with E-state index in [1.54, 1.807) is 6.08 Å². The molecule has 1 fully saturated rings.